The van der Waals surface area contributed by atoms with Crippen molar-refractivity contribution in [3.05, 3.63) is 59.2 Å². The molecule has 0 unspecified atom stereocenters. The van der Waals surface area contributed by atoms with Crippen LogP contribution >= 0.6 is 0 Å². The maximum absolute atomic E-state index is 12.1. The van der Waals surface area contributed by atoms with Crippen LogP contribution in [0.3, 0.4) is 0 Å². The Balaban J connectivity index is 0.00000161. The second-order valence-corrected chi connectivity index (χ2v) is 4.80. The van der Waals surface area contributed by atoms with E-state index in [0.29, 0.717) is 18.6 Å². The molecule has 0 saturated carbocycles. The first-order chi connectivity index (χ1) is 9.79. The monoisotopic (exact) mass is 291 g/mol. The van der Waals surface area contributed by atoms with Crippen LogP contribution in [0.2, 0.25) is 0 Å². The number of para-hydroxylation sites is 1. The molecule has 0 amide bonds. The fourth-order valence-corrected chi connectivity index (χ4v) is 2.37. The summed E-state index contributed by atoms with van der Waals surface area (Å²) in [6.07, 6.45) is 1.52. The molecular weight excluding hydrogens is 275 g/mol. The zero-order valence-corrected chi connectivity index (χ0v) is 14.4. The molecule has 0 spiro atoms. The van der Waals surface area contributed by atoms with Gasteiger partial charge in [-0.15, -0.1) is 0 Å². The van der Waals surface area contributed by atoms with Crippen LogP contribution in [-0.2, 0) is 11.2 Å². The molecule has 0 aromatic heterocycles. The van der Waals surface area contributed by atoms with Crippen LogP contribution in [0.4, 0.5) is 0 Å². The number of carbonyl (C=O) groups is 1. The third kappa shape index (κ3) is 3.31. The van der Waals surface area contributed by atoms with E-state index in [1.807, 2.05) is 43.3 Å². The van der Waals surface area contributed by atoms with Gasteiger partial charge < -0.3 is 9.47 Å². The zero-order valence-electron chi connectivity index (χ0n) is 12.4. The molecule has 0 fully saturated rings. The molecule has 1 radical (unpaired) electrons. The van der Waals surface area contributed by atoms with Gasteiger partial charge >= 0.3 is 5.97 Å². The molecule has 103 valence electrons. The molecule has 0 atom stereocenters. The molecule has 3 rings (SSSR count). The van der Waals surface area contributed by atoms with Crippen molar-refractivity contribution in [2.45, 2.75) is 19.8 Å². The van der Waals surface area contributed by atoms with Crippen LogP contribution in [0, 0.1) is 0 Å². The molecule has 3 nitrogen and oxygen atoms in total. The van der Waals surface area contributed by atoms with Gasteiger partial charge in [0, 0.05) is 41.5 Å². The van der Waals surface area contributed by atoms with Gasteiger partial charge in [-0.3, -0.25) is 0 Å². The van der Waals surface area contributed by atoms with Gasteiger partial charge in [-0.05, 0) is 30.2 Å². The first-order valence-electron chi connectivity index (χ1n) is 6.84. The molecule has 4 heteroatoms. The van der Waals surface area contributed by atoms with E-state index >= 15 is 0 Å². The summed E-state index contributed by atoms with van der Waals surface area (Å²) in [5.41, 5.74) is 2.61. The minimum Gasteiger partial charge on any atom is -0.462 e. The maximum Gasteiger partial charge on any atom is 0.338 e. The smallest absolute Gasteiger partial charge is 0.338 e. The van der Waals surface area contributed by atoms with Crippen LogP contribution < -0.4 is 4.74 Å². The minimum absolute atomic E-state index is 0. The Bertz CT molecular complexity index is 652. The molecule has 2 aromatic rings. The molecule has 1 aliphatic heterocycles. The fraction of sp³-hybridized carbons (Fsp3) is 0.235. The Labute approximate surface area is 146 Å². The van der Waals surface area contributed by atoms with Gasteiger partial charge in [-0.2, -0.15) is 0 Å². The molecule has 0 N–H and O–H groups in total. The van der Waals surface area contributed by atoms with E-state index in [1.165, 1.54) is 0 Å². The van der Waals surface area contributed by atoms with Gasteiger partial charge in [-0.25, -0.2) is 4.79 Å². The number of esters is 1. The molecule has 1 aliphatic rings. The number of rotatable bonds is 3. The van der Waals surface area contributed by atoms with Crippen molar-refractivity contribution < 1.29 is 14.3 Å². The van der Waals surface area contributed by atoms with E-state index in [2.05, 4.69) is 0 Å². The number of hydrogen-bond donors (Lipinski definition) is 0. The van der Waals surface area contributed by atoms with Crippen molar-refractivity contribution in [3.8, 4) is 11.5 Å². The van der Waals surface area contributed by atoms with Gasteiger partial charge in [0.15, 0.2) is 0 Å². The van der Waals surface area contributed by atoms with E-state index in [1.54, 1.807) is 6.07 Å². The summed E-state index contributed by atoms with van der Waals surface area (Å²) in [6, 6.07) is 13.4. The summed E-state index contributed by atoms with van der Waals surface area (Å²) in [4.78, 5) is 12.1. The zero-order chi connectivity index (χ0) is 13.9. The minimum atomic E-state index is -0.272. The standard InChI is InChI=1S/C17H16O3.Na/c1-2-10-19-17(18)13-7-5-9-16-14(13)11-12-6-3-4-8-15(12)20-16;/h3-9H,2,10-11H2,1H3;. The Hall–Kier alpha value is -1.29. The Morgan fingerprint density at radius 2 is 1.90 bits per heavy atom. The van der Waals surface area contributed by atoms with Gasteiger partial charge in [0.25, 0.3) is 0 Å². The van der Waals surface area contributed by atoms with E-state index < -0.39 is 0 Å². The summed E-state index contributed by atoms with van der Waals surface area (Å²) >= 11 is 0. The summed E-state index contributed by atoms with van der Waals surface area (Å²) in [7, 11) is 0. The van der Waals surface area contributed by atoms with Crippen molar-refractivity contribution in [1.29, 1.82) is 0 Å². The average Bonchev–Trinajstić information content (AvgIpc) is 2.50. The van der Waals surface area contributed by atoms with Gasteiger partial charge in [-0.1, -0.05) is 31.2 Å². The second kappa shape index (κ2) is 7.12. The van der Waals surface area contributed by atoms with Crippen LogP contribution in [-0.4, -0.2) is 42.1 Å². The summed E-state index contributed by atoms with van der Waals surface area (Å²) in [6.45, 7) is 2.42. The second-order valence-electron chi connectivity index (χ2n) is 4.80. The number of benzene rings is 2. The number of carbonyl (C=O) groups excluding carboxylic acids is 1. The maximum atomic E-state index is 12.1. The van der Waals surface area contributed by atoms with Crippen molar-refractivity contribution in [3.63, 3.8) is 0 Å². The van der Waals surface area contributed by atoms with Gasteiger partial charge in [0.05, 0.1) is 12.2 Å². The van der Waals surface area contributed by atoms with Crippen LogP contribution in [0.25, 0.3) is 0 Å². The van der Waals surface area contributed by atoms with E-state index in [9.17, 15) is 4.79 Å². The normalized spacial score (nSPS) is 11.5. The quantitative estimate of drug-likeness (QED) is 0.546. The Morgan fingerprint density at radius 1 is 1.14 bits per heavy atom. The van der Waals surface area contributed by atoms with E-state index in [4.69, 9.17) is 9.47 Å². The number of hydrogen-bond acceptors (Lipinski definition) is 3. The molecule has 0 saturated heterocycles. The van der Waals surface area contributed by atoms with Crippen molar-refractivity contribution in [2.24, 2.45) is 0 Å². The number of fused-ring (bicyclic) bond motifs is 2. The third-order valence-corrected chi connectivity index (χ3v) is 3.35. The topological polar surface area (TPSA) is 35.5 Å². The molecular formula is C17H16NaO3. The van der Waals surface area contributed by atoms with Gasteiger partial charge in [0.2, 0.25) is 0 Å². The third-order valence-electron chi connectivity index (χ3n) is 3.35. The largest absolute Gasteiger partial charge is 0.462 e. The predicted molar refractivity (Wildman–Crippen MR) is 82.1 cm³/mol. The van der Waals surface area contributed by atoms with Crippen LogP contribution in [0.5, 0.6) is 11.5 Å². The van der Waals surface area contributed by atoms with Gasteiger partial charge in [0.1, 0.15) is 11.5 Å². The van der Waals surface area contributed by atoms with E-state index in [0.717, 1.165) is 29.0 Å². The fourth-order valence-electron chi connectivity index (χ4n) is 2.37. The predicted octanol–water partition coefficient (Wildman–Crippen LogP) is 3.57. The molecule has 1 heterocycles. The van der Waals surface area contributed by atoms with Crippen molar-refractivity contribution >= 4 is 35.5 Å². The SMILES string of the molecule is CCCOC(=O)c1cccc2c1Cc1ccccc1O2.[Na]. The summed E-state index contributed by atoms with van der Waals surface area (Å²) in [5, 5.41) is 0. The average molecular weight is 291 g/mol. The first kappa shape index (κ1) is 16.1. The molecule has 0 aliphatic carbocycles. The first-order valence-corrected chi connectivity index (χ1v) is 6.84. The molecule has 21 heavy (non-hydrogen) atoms. The van der Waals surface area contributed by atoms with E-state index in [-0.39, 0.29) is 35.5 Å². The summed E-state index contributed by atoms with van der Waals surface area (Å²) < 4.78 is 11.1. The Kier molecular flexibility index (Phi) is 5.45. The molecule has 0 bridgehead atoms. The van der Waals surface area contributed by atoms with Crippen LogP contribution in [0.15, 0.2) is 42.5 Å². The van der Waals surface area contributed by atoms with Crippen molar-refractivity contribution in [2.75, 3.05) is 6.61 Å². The summed E-state index contributed by atoms with van der Waals surface area (Å²) in [5.74, 6) is 1.33. The Morgan fingerprint density at radius 3 is 2.71 bits per heavy atom. The van der Waals surface area contributed by atoms with Crippen molar-refractivity contribution in [1.82, 2.24) is 0 Å². The number of ether oxygens (including phenoxy) is 2. The van der Waals surface area contributed by atoms with Crippen LogP contribution in [0.1, 0.15) is 34.8 Å². The molecule has 2 aromatic carbocycles.